The van der Waals surface area contributed by atoms with Gasteiger partial charge in [0.2, 0.25) is 0 Å². The summed E-state index contributed by atoms with van der Waals surface area (Å²) in [4.78, 5) is 12.5. The van der Waals surface area contributed by atoms with E-state index in [1.165, 1.54) is 38.5 Å². The molecule has 0 aliphatic heterocycles. The van der Waals surface area contributed by atoms with Crippen LogP contribution < -0.4 is 15.4 Å². The Labute approximate surface area is 161 Å². The molecular weight excluding hydrogens is 348 g/mol. The van der Waals surface area contributed by atoms with E-state index in [0.717, 1.165) is 17.8 Å². The lowest BCUT2D eigenvalue weighted by Crippen LogP contribution is -2.57. The molecule has 2 N–H and O–H groups in total. The summed E-state index contributed by atoms with van der Waals surface area (Å²) in [5.74, 6) is 3.36. The molecule has 5 rings (SSSR count). The third-order valence-electron chi connectivity index (χ3n) is 6.81. The predicted molar refractivity (Wildman–Crippen MR) is 103 cm³/mol. The van der Waals surface area contributed by atoms with Crippen molar-refractivity contribution >= 4 is 17.6 Å². The predicted octanol–water partition coefficient (Wildman–Crippen LogP) is 4.97. The number of amides is 2. The van der Waals surface area contributed by atoms with E-state index in [1.54, 1.807) is 24.3 Å². The first-order chi connectivity index (χ1) is 12.4. The number of urea groups is 1. The van der Waals surface area contributed by atoms with Gasteiger partial charge >= 0.3 is 6.03 Å². The largest absolute Gasteiger partial charge is 0.471 e. The molecule has 5 heteroatoms. The van der Waals surface area contributed by atoms with Gasteiger partial charge in [-0.2, -0.15) is 0 Å². The van der Waals surface area contributed by atoms with Crippen molar-refractivity contribution < 1.29 is 9.53 Å². The summed E-state index contributed by atoms with van der Waals surface area (Å²) in [7, 11) is 0. The molecule has 4 bridgehead atoms. The van der Waals surface area contributed by atoms with E-state index in [2.05, 4.69) is 17.6 Å². The van der Waals surface area contributed by atoms with Gasteiger partial charge < -0.3 is 15.4 Å². The van der Waals surface area contributed by atoms with Gasteiger partial charge in [0.1, 0.15) is 5.75 Å². The first-order valence-electron chi connectivity index (χ1n) is 9.91. The van der Waals surface area contributed by atoms with Gasteiger partial charge in [0.05, 0.1) is 0 Å². The van der Waals surface area contributed by atoms with Crippen LogP contribution in [0.2, 0.25) is 5.02 Å². The molecule has 26 heavy (non-hydrogen) atoms. The third kappa shape index (κ3) is 3.66. The van der Waals surface area contributed by atoms with Crippen LogP contribution in [-0.4, -0.2) is 18.3 Å². The third-order valence-corrected chi connectivity index (χ3v) is 7.06. The van der Waals surface area contributed by atoms with Crippen molar-refractivity contribution in [3.8, 4) is 5.75 Å². The van der Waals surface area contributed by atoms with Crippen LogP contribution in [0.5, 0.6) is 5.75 Å². The molecule has 2 atom stereocenters. The van der Waals surface area contributed by atoms with E-state index in [9.17, 15) is 4.79 Å². The highest BCUT2D eigenvalue weighted by atomic mass is 35.5. The quantitative estimate of drug-likeness (QED) is 0.713. The van der Waals surface area contributed by atoms with Gasteiger partial charge in [0.15, 0.2) is 6.23 Å². The smallest absolute Gasteiger partial charge is 0.317 e. The second kappa shape index (κ2) is 6.95. The Morgan fingerprint density at radius 3 is 2.12 bits per heavy atom. The van der Waals surface area contributed by atoms with E-state index in [1.807, 2.05) is 6.92 Å². The number of carbonyl (C=O) groups is 1. The molecule has 0 aromatic heterocycles. The lowest BCUT2D eigenvalue weighted by atomic mass is 9.48. The minimum Gasteiger partial charge on any atom is -0.471 e. The van der Waals surface area contributed by atoms with Gasteiger partial charge in [0.25, 0.3) is 0 Å². The van der Waals surface area contributed by atoms with Crippen LogP contribution in [0.1, 0.15) is 52.4 Å². The zero-order valence-electron chi connectivity index (χ0n) is 15.6. The standard InChI is InChI=1S/C21H29ClN2O2/c1-13(21-10-15-7-16(11-21)9-17(8-15)12-21)23-20(25)24-14(2)26-19-5-3-18(22)4-6-19/h3-6,13-17H,7-12H2,1-2H3,(H2,23,24,25). The molecule has 0 heterocycles. The SMILES string of the molecule is CC(NC(=O)NC(C)C12CC3CC(CC(C3)C1)C2)Oc1ccc(Cl)cc1. The van der Waals surface area contributed by atoms with Crippen molar-refractivity contribution in [2.45, 2.75) is 64.6 Å². The number of halogens is 1. The van der Waals surface area contributed by atoms with Gasteiger partial charge in [-0.05, 0) is 99.8 Å². The summed E-state index contributed by atoms with van der Waals surface area (Å²) < 4.78 is 5.74. The maximum absolute atomic E-state index is 12.5. The Morgan fingerprint density at radius 2 is 1.58 bits per heavy atom. The summed E-state index contributed by atoms with van der Waals surface area (Å²) in [6.07, 6.45) is 7.73. The second-order valence-corrected chi connectivity index (χ2v) is 9.27. The van der Waals surface area contributed by atoms with E-state index in [-0.39, 0.29) is 12.1 Å². The summed E-state index contributed by atoms with van der Waals surface area (Å²) in [6.45, 7) is 4.03. The van der Waals surface area contributed by atoms with Crippen molar-refractivity contribution in [3.05, 3.63) is 29.3 Å². The van der Waals surface area contributed by atoms with Crippen molar-refractivity contribution in [1.82, 2.24) is 10.6 Å². The van der Waals surface area contributed by atoms with Crippen molar-refractivity contribution in [2.24, 2.45) is 23.2 Å². The van der Waals surface area contributed by atoms with E-state index >= 15 is 0 Å². The lowest BCUT2D eigenvalue weighted by Gasteiger charge is -2.59. The molecule has 4 saturated carbocycles. The summed E-state index contributed by atoms with van der Waals surface area (Å²) in [5.41, 5.74) is 0.312. The molecule has 4 nitrogen and oxygen atoms in total. The Bertz CT molecular complexity index is 625. The van der Waals surface area contributed by atoms with Crippen LogP contribution in [0.15, 0.2) is 24.3 Å². The fraction of sp³-hybridized carbons (Fsp3) is 0.667. The van der Waals surface area contributed by atoms with Crippen LogP contribution in [0.4, 0.5) is 4.79 Å². The van der Waals surface area contributed by atoms with Gasteiger partial charge in [0, 0.05) is 11.1 Å². The maximum Gasteiger partial charge on any atom is 0.317 e. The first-order valence-corrected chi connectivity index (χ1v) is 10.3. The highest BCUT2D eigenvalue weighted by Crippen LogP contribution is 2.61. The van der Waals surface area contributed by atoms with Crippen molar-refractivity contribution in [3.63, 3.8) is 0 Å². The molecule has 2 unspecified atom stereocenters. The number of carbonyl (C=O) groups excluding carboxylic acids is 1. The van der Waals surface area contributed by atoms with E-state index in [0.29, 0.717) is 16.2 Å². The molecule has 1 aromatic carbocycles. The molecule has 0 saturated heterocycles. The van der Waals surface area contributed by atoms with Crippen LogP contribution in [0.3, 0.4) is 0 Å². The summed E-state index contributed by atoms with van der Waals surface area (Å²) in [6, 6.07) is 7.22. The Balaban J connectivity index is 1.31. The molecule has 2 amide bonds. The summed E-state index contributed by atoms with van der Waals surface area (Å²) >= 11 is 5.88. The molecule has 0 spiro atoms. The number of benzene rings is 1. The number of nitrogens with one attached hydrogen (secondary N) is 2. The van der Waals surface area contributed by atoms with Gasteiger partial charge in [-0.25, -0.2) is 4.79 Å². The van der Waals surface area contributed by atoms with Crippen LogP contribution in [0, 0.1) is 23.2 Å². The average Bonchev–Trinajstić information content (AvgIpc) is 2.55. The summed E-state index contributed by atoms with van der Waals surface area (Å²) in [5, 5.41) is 6.78. The van der Waals surface area contributed by atoms with Crippen LogP contribution in [-0.2, 0) is 0 Å². The average molecular weight is 377 g/mol. The number of hydrogen-bond acceptors (Lipinski definition) is 2. The van der Waals surface area contributed by atoms with Crippen molar-refractivity contribution in [1.29, 1.82) is 0 Å². The van der Waals surface area contributed by atoms with E-state index < -0.39 is 6.23 Å². The zero-order valence-corrected chi connectivity index (χ0v) is 16.4. The lowest BCUT2D eigenvalue weighted by molar-refractivity contribution is -0.0683. The molecule has 0 radical (unpaired) electrons. The van der Waals surface area contributed by atoms with Gasteiger partial charge in [-0.15, -0.1) is 0 Å². The van der Waals surface area contributed by atoms with E-state index in [4.69, 9.17) is 16.3 Å². The van der Waals surface area contributed by atoms with Gasteiger partial charge in [-0.1, -0.05) is 11.6 Å². The molecular formula is C21H29ClN2O2. The fourth-order valence-corrected chi connectivity index (χ4v) is 6.16. The van der Waals surface area contributed by atoms with Crippen LogP contribution >= 0.6 is 11.6 Å². The molecule has 1 aromatic rings. The zero-order chi connectivity index (χ0) is 18.3. The minimum absolute atomic E-state index is 0.144. The fourth-order valence-electron chi connectivity index (χ4n) is 6.03. The highest BCUT2D eigenvalue weighted by Gasteiger charge is 2.53. The maximum atomic E-state index is 12.5. The normalized spacial score (nSPS) is 34.2. The number of hydrogen-bond donors (Lipinski definition) is 2. The minimum atomic E-state index is -0.403. The Kier molecular flexibility index (Phi) is 4.81. The Morgan fingerprint density at radius 1 is 1.04 bits per heavy atom. The topological polar surface area (TPSA) is 50.4 Å². The van der Waals surface area contributed by atoms with Crippen LogP contribution in [0.25, 0.3) is 0 Å². The Hall–Kier alpha value is -1.42. The number of rotatable bonds is 5. The second-order valence-electron chi connectivity index (χ2n) is 8.83. The number of ether oxygens (including phenoxy) is 1. The molecule has 4 aliphatic carbocycles. The monoisotopic (exact) mass is 376 g/mol. The first kappa shape index (κ1) is 18.0. The highest BCUT2D eigenvalue weighted by molar-refractivity contribution is 6.30. The van der Waals surface area contributed by atoms with Gasteiger partial charge in [-0.3, -0.25) is 0 Å². The molecule has 4 fully saturated rings. The molecule has 142 valence electrons. The van der Waals surface area contributed by atoms with Crippen molar-refractivity contribution in [2.75, 3.05) is 0 Å². The molecule has 4 aliphatic rings.